The molecule has 1 aliphatic carbocycles. The van der Waals surface area contributed by atoms with Crippen LogP contribution in [0, 0.1) is 19.3 Å². The van der Waals surface area contributed by atoms with Gasteiger partial charge in [-0.3, -0.25) is 14.6 Å². The molecule has 1 fully saturated rings. The van der Waals surface area contributed by atoms with Gasteiger partial charge in [-0.25, -0.2) is 9.78 Å². The largest absolute Gasteiger partial charge is 0.355 e. The summed E-state index contributed by atoms with van der Waals surface area (Å²) < 4.78 is 2.09. The topological polar surface area (TPSA) is 113 Å². The third-order valence-corrected chi connectivity index (χ3v) is 4.64. The van der Waals surface area contributed by atoms with Crippen molar-refractivity contribution in [1.82, 2.24) is 24.8 Å². The van der Waals surface area contributed by atoms with Crippen molar-refractivity contribution >= 4 is 5.91 Å². The lowest BCUT2D eigenvalue weighted by atomic mass is 10.1. The molecule has 0 aliphatic heterocycles. The molecule has 8 heteroatoms. The van der Waals surface area contributed by atoms with Crippen LogP contribution in [0.15, 0.2) is 22.0 Å². The molecule has 0 atom stereocenters. The molecule has 0 spiro atoms. The van der Waals surface area contributed by atoms with E-state index in [1.807, 2.05) is 13.1 Å². The zero-order valence-corrected chi connectivity index (χ0v) is 13.8. The summed E-state index contributed by atoms with van der Waals surface area (Å²) in [4.78, 5) is 44.0. The van der Waals surface area contributed by atoms with Gasteiger partial charge < -0.3 is 14.9 Å². The third-order valence-electron chi connectivity index (χ3n) is 4.64. The van der Waals surface area contributed by atoms with E-state index in [0.29, 0.717) is 17.8 Å². The van der Waals surface area contributed by atoms with E-state index >= 15 is 0 Å². The molecule has 2 aromatic rings. The van der Waals surface area contributed by atoms with E-state index in [0.717, 1.165) is 25.2 Å². The Morgan fingerprint density at radius 2 is 2.08 bits per heavy atom. The van der Waals surface area contributed by atoms with Gasteiger partial charge in [0.25, 0.3) is 5.56 Å². The van der Waals surface area contributed by atoms with Gasteiger partial charge in [0.05, 0.1) is 6.42 Å². The highest BCUT2D eigenvalue weighted by molar-refractivity contribution is 5.78. The maximum absolute atomic E-state index is 12.2. The minimum Gasteiger partial charge on any atom is -0.355 e. The van der Waals surface area contributed by atoms with Crippen molar-refractivity contribution in [1.29, 1.82) is 0 Å². The van der Waals surface area contributed by atoms with E-state index in [1.165, 1.54) is 0 Å². The number of rotatable bonds is 6. The molecule has 1 aliphatic rings. The normalized spacial score (nSPS) is 15.2. The number of amides is 1. The van der Waals surface area contributed by atoms with E-state index in [-0.39, 0.29) is 17.7 Å². The third kappa shape index (κ3) is 3.47. The molecule has 3 rings (SSSR count). The van der Waals surface area contributed by atoms with Gasteiger partial charge in [0.1, 0.15) is 5.82 Å². The Kier molecular flexibility index (Phi) is 4.13. The fourth-order valence-electron chi connectivity index (χ4n) is 2.85. The van der Waals surface area contributed by atoms with Gasteiger partial charge in [0, 0.05) is 42.2 Å². The standard InChI is InChI=1S/C16H21N5O3/c1-10-12(14(23)20-15(24)19-10)7-13(22)18-8-16(3-4-16)9-21-6-5-17-11(21)2/h5-6H,3-4,7-9H2,1-2H3,(H,18,22)(H2,19,20,23,24). The van der Waals surface area contributed by atoms with Crippen LogP contribution in [0.4, 0.5) is 0 Å². The first-order valence-corrected chi connectivity index (χ1v) is 7.95. The monoisotopic (exact) mass is 331 g/mol. The Balaban J connectivity index is 1.59. The molecule has 2 aromatic heterocycles. The number of carbonyl (C=O) groups is 1. The van der Waals surface area contributed by atoms with Crippen LogP contribution in [-0.4, -0.2) is 32.0 Å². The van der Waals surface area contributed by atoms with Gasteiger partial charge in [-0.1, -0.05) is 0 Å². The highest BCUT2D eigenvalue weighted by Crippen LogP contribution is 2.46. The summed E-state index contributed by atoms with van der Waals surface area (Å²) in [6, 6.07) is 0. The summed E-state index contributed by atoms with van der Waals surface area (Å²) in [5.74, 6) is 0.743. The molecule has 3 N–H and O–H groups in total. The molecule has 0 saturated heterocycles. The Labute approximate surface area is 138 Å². The van der Waals surface area contributed by atoms with Crippen molar-refractivity contribution < 1.29 is 4.79 Å². The number of aryl methyl sites for hydroxylation is 2. The minimum absolute atomic E-state index is 0.0435. The fourth-order valence-corrected chi connectivity index (χ4v) is 2.85. The van der Waals surface area contributed by atoms with Crippen LogP contribution >= 0.6 is 0 Å². The molecular formula is C16H21N5O3. The van der Waals surface area contributed by atoms with Crippen LogP contribution in [-0.2, 0) is 17.8 Å². The van der Waals surface area contributed by atoms with E-state index in [4.69, 9.17) is 0 Å². The zero-order chi connectivity index (χ0) is 17.3. The molecule has 0 bridgehead atoms. The number of carbonyl (C=O) groups excluding carboxylic acids is 1. The van der Waals surface area contributed by atoms with Crippen LogP contribution in [0.3, 0.4) is 0 Å². The van der Waals surface area contributed by atoms with Crippen molar-refractivity contribution in [3.8, 4) is 0 Å². The van der Waals surface area contributed by atoms with Crippen molar-refractivity contribution in [3.63, 3.8) is 0 Å². The summed E-state index contributed by atoms with van der Waals surface area (Å²) >= 11 is 0. The lowest BCUT2D eigenvalue weighted by Crippen LogP contribution is -2.36. The minimum atomic E-state index is -0.561. The second-order valence-corrected chi connectivity index (χ2v) is 6.57. The highest BCUT2D eigenvalue weighted by atomic mass is 16.2. The molecule has 1 amide bonds. The predicted molar refractivity (Wildman–Crippen MR) is 87.8 cm³/mol. The van der Waals surface area contributed by atoms with Crippen LogP contribution in [0.5, 0.6) is 0 Å². The number of H-pyrrole nitrogens is 2. The highest BCUT2D eigenvalue weighted by Gasteiger charge is 2.43. The van der Waals surface area contributed by atoms with Crippen LogP contribution < -0.4 is 16.6 Å². The molecule has 128 valence electrons. The summed E-state index contributed by atoms with van der Waals surface area (Å²) in [7, 11) is 0. The second kappa shape index (κ2) is 6.10. The van der Waals surface area contributed by atoms with Gasteiger partial charge in [0.15, 0.2) is 0 Å². The first kappa shape index (κ1) is 16.2. The second-order valence-electron chi connectivity index (χ2n) is 6.57. The molecule has 0 aromatic carbocycles. The number of hydrogen-bond donors (Lipinski definition) is 3. The summed E-state index contributed by atoms with van der Waals surface area (Å²) in [6.07, 6.45) is 5.79. The van der Waals surface area contributed by atoms with Crippen molar-refractivity contribution in [2.45, 2.75) is 39.7 Å². The maximum atomic E-state index is 12.2. The van der Waals surface area contributed by atoms with Gasteiger partial charge in [-0.05, 0) is 26.7 Å². The Morgan fingerprint density at radius 3 is 2.67 bits per heavy atom. The van der Waals surface area contributed by atoms with Crippen LogP contribution in [0.1, 0.15) is 29.9 Å². The van der Waals surface area contributed by atoms with Crippen LogP contribution in [0.2, 0.25) is 0 Å². The quantitative estimate of drug-likeness (QED) is 0.692. The predicted octanol–water partition coefficient (Wildman–Crippen LogP) is 0.0156. The molecule has 2 heterocycles. The lowest BCUT2D eigenvalue weighted by Gasteiger charge is -2.17. The van der Waals surface area contributed by atoms with Crippen molar-refractivity contribution in [2.75, 3.05) is 6.54 Å². The molecular weight excluding hydrogens is 310 g/mol. The lowest BCUT2D eigenvalue weighted by molar-refractivity contribution is -0.120. The maximum Gasteiger partial charge on any atom is 0.325 e. The van der Waals surface area contributed by atoms with Crippen molar-refractivity contribution in [2.24, 2.45) is 5.41 Å². The van der Waals surface area contributed by atoms with Crippen LogP contribution in [0.25, 0.3) is 0 Å². The Hall–Kier alpha value is -2.64. The average Bonchev–Trinajstić information content (AvgIpc) is 3.17. The molecule has 24 heavy (non-hydrogen) atoms. The average molecular weight is 331 g/mol. The smallest absolute Gasteiger partial charge is 0.325 e. The summed E-state index contributed by atoms with van der Waals surface area (Å²) in [6.45, 7) is 4.98. The Morgan fingerprint density at radius 1 is 1.33 bits per heavy atom. The van der Waals surface area contributed by atoms with E-state index in [1.54, 1.807) is 13.1 Å². The van der Waals surface area contributed by atoms with Gasteiger partial charge in [-0.2, -0.15) is 0 Å². The number of hydrogen-bond acceptors (Lipinski definition) is 4. The molecule has 0 unspecified atom stereocenters. The summed E-state index contributed by atoms with van der Waals surface area (Å²) in [5.41, 5.74) is -0.277. The molecule has 0 radical (unpaired) electrons. The number of nitrogens with one attached hydrogen (secondary N) is 3. The van der Waals surface area contributed by atoms with Crippen molar-refractivity contribution in [3.05, 3.63) is 50.3 Å². The van der Waals surface area contributed by atoms with Gasteiger partial charge in [0.2, 0.25) is 5.91 Å². The summed E-state index contributed by atoms with van der Waals surface area (Å²) in [5, 5.41) is 2.92. The van der Waals surface area contributed by atoms with E-state index < -0.39 is 11.2 Å². The van der Waals surface area contributed by atoms with E-state index in [2.05, 4.69) is 24.8 Å². The SMILES string of the molecule is Cc1[nH]c(=O)[nH]c(=O)c1CC(=O)NCC1(Cn2ccnc2C)CC1. The molecule has 8 nitrogen and oxygen atoms in total. The Bertz CT molecular complexity index is 872. The number of aromatic amines is 2. The fraction of sp³-hybridized carbons (Fsp3) is 0.500. The zero-order valence-electron chi connectivity index (χ0n) is 13.8. The van der Waals surface area contributed by atoms with E-state index in [9.17, 15) is 14.4 Å². The van der Waals surface area contributed by atoms with Gasteiger partial charge >= 0.3 is 5.69 Å². The molecule has 1 saturated carbocycles. The number of aromatic nitrogens is 4. The number of imidazole rings is 1. The number of nitrogens with zero attached hydrogens (tertiary/aromatic N) is 2. The first-order chi connectivity index (χ1) is 11.4. The first-order valence-electron chi connectivity index (χ1n) is 7.95. The van der Waals surface area contributed by atoms with Gasteiger partial charge in [-0.15, -0.1) is 0 Å².